The molecule has 2 atom stereocenters. The van der Waals surface area contributed by atoms with E-state index in [9.17, 15) is 4.79 Å². The van der Waals surface area contributed by atoms with E-state index < -0.39 is 0 Å². The lowest BCUT2D eigenvalue weighted by atomic mass is 10.0. The molecule has 0 spiro atoms. The fraction of sp³-hybridized carbons (Fsp3) is 0.545. The Morgan fingerprint density at radius 3 is 3.07 bits per heavy atom. The fourth-order valence-corrected chi connectivity index (χ4v) is 2.03. The fourth-order valence-electron chi connectivity index (χ4n) is 2.03. The van der Waals surface area contributed by atoms with Crippen LogP contribution in [0.25, 0.3) is 0 Å². The summed E-state index contributed by atoms with van der Waals surface area (Å²) in [5.41, 5.74) is 5.84. The van der Waals surface area contributed by atoms with Crippen LogP contribution in [-0.2, 0) is 11.3 Å². The first-order chi connectivity index (χ1) is 7.27. The molecule has 0 bridgehead atoms. The number of carbonyl (C=O) groups excluding carboxylic acids is 1. The Bertz CT molecular complexity index is 321. The van der Waals surface area contributed by atoms with E-state index in [1.54, 1.807) is 6.26 Å². The van der Waals surface area contributed by atoms with Gasteiger partial charge in [-0.3, -0.25) is 4.79 Å². The summed E-state index contributed by atoms with van der Waals surface area (Å²) < 4.78 is 5.13. The van der Waals surface area contributed by atoms with Gasteiger partial charge in [-0.05, 0) is 25.0 Å². The van der Waals surface area contributed by atoms with Crippen LogP contribution in [0.5, 0.6) is 0 Å². The second-order valence-electron chi connectivity index (χ2n) is 4.00. The molecule has 82 valence electrons. The summed E-state index contributed by atoms with van der Waals surface area (Å²) in [7, 11) is 0. The van der Waals surface area contributed by atoms with Gasteiger partial charge < -0.3 is 15.5 Å². The van der Waals surface area contributed by atoms with Gasteiger partial charge in [0.2, 0.25) is 5.91 Å². The smallest absolute Gasteiger partial charge is 0.225 e. The largest absolute Gasteiger partial charge is 0.467 e. The SMILES string of the molecule is NC1CCCC1C(=O)NCc1ccco1. The van der Waals surface area contributed by atoms with Gasteiger partial charge in [0.25, 0.3) is 0 Å². The molecule has 0 radical (unpaired) electrons. The molecule has 3 N–H and O–H groups in total. The maximum atomic E-state index is 11.7. The zero-order valence-electron chi connectivity index (χ0n) is 8.61. The zero-order valence-corrected chi connectivity index (χ0v) is 8.61. The predicted molar refractivity (Wildman–Crippen MR) is 55.9 cm³/mol. The minimum absolute atomic E-state index is 0.0139. The molecule has 4 nitrogen and oxygen atoms in total. The van der Waals surface area contributed by atoms with E-state index >= 15 is 0 Å². The van der Waals surface area contributed by atoms with Crippen molar-refractivity contribution >= 4 is 5.91 Å². The molecule has 1 aromatic heterocycles. The Kier molecular flexibility index (Phi) is 3.06. The van der Waals surface area contributed by atoms with E-state index in [0.717, 1.165) is 25.0 Å². The number of nitrogens with two attached hydrogens (primary N) is 1. The maximum Gasteiger partial charge on any atom is 0.225 e. The average molecular weight is 208 g/mol. The lowest BCUT2D eigenvalue weighted by Gasteiger charge is -2.14. The van der Waals surface area contributed by atoms with Crippen molar-refractivity contribution in [3.05, 3.63) is 24.2 Å². The van der Waals surface area contributed by atoms with Crippen molar-refractivity contribution in [3.8, 4) is 0 Å². The third-order valence-corrected chi connectivity index (χ3v) is 2.92. The predicted octanol–water partition coefficient (Wildman–Crippen LogP) is 1.02. The maximum absolute atomic E-state index is 11.7. The third kappa shape index (κ3) is 2.39. The van der Waals surface area contributed by atoms with Crippen LogP contribution in [0.4, 0.5) is 0 Å². The number of hydrogen-bond acceptors (Lipinski definition) is 3. The Labute approximate surface area is 88.8 Å². The zero-order chi connectivity index (χ0) is 10.7. The number of carbonyl (C=O) groups is 1. The lowest BCUT2D eigenvalue weighted by molar-refractivity contribution is -0.125. The highest BCUT2D eigenvalue weighted by Gasteiger charge is 2.29. The molecule has 1 amide bonds. The van der Waals surface area contributed by atoms with Gasteiger partial charge in [0.1, 0.15) is 5.76 Å². The highest BCUT2D eigenvalue weighted by Crippen LogP contribution is 2.23. The number of rotatable bonds is 3. The molecule has 0 saturated heterocycles. The van der Waals surface area contributed by atoms with Crippen molar-refractivity contribution < 1.29 is 9.21 Å². The summed E-state index contributed by atoms with van der Waals surface area (Å²) in [4.78, 5) is 11.7. The first-order valence-electron chi connectivity index (χ1n) is 5.33. The van der Waals surface area contributed by atoms with Gasteiger partial charge in [0, 0.05) is 6.04 Å². The first kappa shape index (κ1) is 10.2. The van der Waals surface area contributed by atoms with E-state index in [4.69, 9.17) is 10.2 Å². The van der Waals surface area contributed by atoms with Crippen molar-refractivity contribution in [2.24, 2.45) is 11.7 Å². The van der Waals surface area contributed by atoms with Crippen LogP contribution in [0.2, 0.25) is 0 Å². The summed E-state index contributed by atoms with van der Waals surface area (Å²) in [6.07, 6.45) is 4.52. The molecule has 2 rings (SSSR count). The summed E-state index contributed by atoms with van der Waals surface area (Å²) >= 11 is 0. The molecule has 4 heteroatoms. The number of hydrogen-bond donors (Lipinski definition) is 2. The summed E-state index contributed by atoms with van der Waals surface area (Å²) in [5.74, 6) is 0.811. The molecule has 1 aliphatic rings. The van der Waals surface area contributed by atoms with Crippen LogP contribution in [0, 0.1) is 5.92 Å². The highest BCUT2D eigenvalue weighted by molar-refractivity contribution is 5.79. The summed E-state index contributed by atoms with van der Waals surface area (Å²) in [6, 6.07) is 3.68. The quantitative estimate of drug-likeness (QED) is 0.779. The van der Waals surface area contributed by atoms with Gasteiger partial charge in [-0.25, -0.2) is 0 Å². The summed E-state index contributed by atoms with van der Waals surface area (Å²) in [6.45, 7) is 0.453. The number of amides is 1. The van der Waals surface area contributed by atoms with E-state index in [-0.39, 0.29) is 17.9 Å². The molecular formula is C11H16N2O2. The first-order valence-corrected chi connectivity index (χ1v) is 5.33. The van der Waals surface area contributed by atoms with Gasteiger partial charge >= 0.3 is 0 Å². The van der Waals surface area contributed by atoms with Gasteiger partial charge in [0.15, 0.2) is 0 Å². The standard InChI is InChI=1S/C11H16N2O2/c12-10-5-1-4-9(10)11(14)13-7-8-3-2-6-15-8/h2-3,6,9-10H,1,4-5,7,12H2,(H,13,14). The van der Waals surface area contributed by atoms with Crippen LogP contribution in [-0.4, -0.2) is 11.9 Å². The Balaban J connectivity index is 1.82. The van der Waals surface area contributed by atoms with Gasteiger partial charge in [0.05, 0.1) is 18.7 Å². The Hall–Kier alpha value is -1.29. The van der Waals surface area contributed by atoms with Crippen molar-refractivity contribution in [2.45, 2.75) is 31.8 Å². The number of furan rings is 1. The average Bonchev–Trinajstić information content (AvgIpc) is 2.84. The van der Waals surface area contributed by atoms with Crippen LogP contribution in [0.1, 0.15) is 25.0 Å². The molecule has 2 unspecified atom stereocenters. The highest BCUT2D eigenvalue weighted by atomic mass is 16.3. The van der Waals surface area contributed by atoms with Gasteiger partial charge in [-0.1, -0.05) is 6.42 Å². The van der Waals surface area contributed by atoms with E-state index in [1.807, 2.05) is 12.1 Å². The van der Waals surface area contributed by atoms with E-state index in [0.29, 0.717) is 6.54 Å². The molecule has 1 aromatic rings. The van der Waals surface area contributed by atoms with Crippen molar-refractivity contribution in [1.82, 2.24) is 5.32 Å². The molecular weight excluding hydrogens is 192 g/mol. The number of nitrogens with one attached hydrogen (secondary N) is 1. The van der Waals surface area contributed by atoms with Crippen molar-refractivity contribution in [3.63, 3.8) is 0 Å². The monoisotopic (exact) mass is 208 g/mol. The summed E-state index contributed by atoms with van der Waals surface area (Å²) in [5, 5.41) is 2.84. The molecule has 1 saturated carbocycles. The van der Waals surface area contributed by atoms with Crippen molar-refractivity contribution in [1.29, 1.82) is 0 Å². The minimum atomic E-state index is -0.0139. The molecule has 0 aliphatic heterocycles. The normalized spacial score (nSPS) is 25.4. The van der Waals surface area contributed by atoms with Crippen LogP contribution in [0.15, 0.2) is 22.8 Å². The Morgan fingerprint density at radius 1 is 1.60 bits per heavy atom. The van der Waals surface area contributed by atoms with Crippen LogP contribution >= 0.6 is 0 Å². The third-order valence-electron chi connectivity index (χ3n) is 2.92. The van der Waals surface area contributed by atoms with E-state index in [1.165, 1.54) is 0 Å². The molecule has 1 fully saturated rings. The molecule has 1 aliphatic carbocycles. The minimum Gasteiger partial charge on any atom is -0.467 e. The Morgan fingerprint density at radius 2 is 2.47 bits per heavy atom. The lowest BCUT2D eigenvalue weighted by Crippen LogP contribution is -2.38. The van der Waals surface area contributed by atoms with Crippen LogP contribution < -0.4 is 11.1 Å². The topological polar surface area (TPSA) is 68.3 Å². The van der Waals surface area contributed by atoms with Gasteiger partial charge in [-0.2, -0.15) is 0 Å². The molecule has 1 heterocycles. The second-order valence-corrected chi connectivity index (χ2v) is 4.00. The van der Waals surface area contributed by atoms with Crippen LogP contribution in [0.3, 0.4) is 0 Å². The molecule has 15 heavy (non-hydrogen) atoms. The van der Waals surface area contributed by atoms with Crippen molar-refractivity contribution in [2.75, 3.05) is 0 Å². The molecule has 0 aromatic carbocycles. The second kappa shape index (κ2) is 4.49. The van der Waals surface area contributed by atoms with Gasteiger partial charge in [-0.15, -0.1) is 0 Å². The van der Waals surface area contributed by atoms with E-state index in [2.05, 4.69) is 5.32 Å².